The van der Waals surface area contributed by atoms with Gasteiger partial charge in [-0.25, -0.2) is 4.39 Å². The molecule has 19 heavy (non-hydrogen) atoms. The molecule has 3 fully saturated rings. The molecule has 1 aromatic carbocycles. The number of benzene rings is 1. The molecule has 0 radical (unpaired) electrons. The zero-order valence-corrected chi connectivity index (χ0v) is 12.3. The number of hydrogen-bond donors (Lipinski definition) is 1. The van der Waals surface area contributed by atoms with Gasteiger partial charge in [0, 0.05) is 0 Å². The highest BCUT2D eigenvalue weighted by Crippen LogP contribution is 2.70. The molecule has 2 bridgehead atoms. The maximum atomic E-state index is 13.2. The molecule has 4 rings (SSSR count). The molecule has 0 aliphatic heterocycles. The number of rotatable bonds is 3. The van der Waals surface area contributed by atoms with Crippen LogP contribution in [-0.2, 0) is 6.42 Å². The summed E-state index contributed by atoms with van der Waals surface area (Å²) in [5.41, 5.74) is 1.03. The Balaban J connectivity index is 1.45. The van der Waals surface area contributed by atoms with Crippen molar-refractivity contribution in [3.8, 4) is 0 Å². The average Bonchev–Trinajstić information content (AvgIpc) is 2.83. The van der Waals surface area contributed by atoms with E-state index in [2.05, 4.69) is 15.9 Å². The van der Waals surface area contributed by atoms with Crippen LogP contribution in [0.4, 0.5) is 4.39 Å². The van der Waals surface area contributed by atoms with Gasteiger partial charge in [0.2, 0.25) is 0 Å². The van der Waals surface area contributed by atoms with Gasteiger partial charge in [-0.1, -0.05) is 6.07 Å². The molecule has 0 spiro atoms. The van der Waals surface area contributed by atoms with Crippen LogP contribution in [0.1, 0.15) is 24.8 Å². The fraction of sp³-hybridized carbons (Fsp3) is 0.625. The normalized spacial score (nSPS) is 40.3. The SMILES string of the molecule is OC(Cc1ccc(F)c(Br)c1)C1C2C3CCC(C3)C12. The van der Waals surface area contributed by atoms with E-state index in [0.29, 0.717) is 16.8 Å². The van der Waals surface area contributed by atoms with Crippen LogP contribution in [0.5, 0.6) is 0 Å². The fourth-order valence-corrected chi connectivity index (χ4v) is 5.38. The van der Waals surface area contributed by atoms with E-state index in [1.165, 1.54) is 25.3 Å². The van der Waals surface area contributed by atoms with E-state index in [0.717, 1.165) is 29.2 Å². The lowest BCUT2D eigenvalue weighted by Crippen LogP contribution is -2.18. The Kier molecular flexibility index (Phi) is 2.79. The van der Waals surface area contributed by atoms with E-state index in [9.17, 15) is 9.50 Å². The van der Waals surface area contributed by atoms with Crippen molar-refractivity contribution in [1.82, 2.24) is 0 Å². The van der Waals surface area contributed by atoms with Gasteiger partial charge in [-0.05, 0) is 88.9 Å². The zero-order chi connectivity index (χ0) is 13.1. The molecule has 3 heteroatoms. The monoisotopic (exact) mass is 324 g/mol. The van der Waals surface area contributed by atoms with Crippen molar-refractivity contribution in [1.29, 1.82) is 0 Å². The summed E-state index contributed by atoms with van der Waals surface area (Å²) >= 11 is 3.21. The van der Waals surface area contributed by atoms with Crippen molar-refractivity contribution in [3.05, 3.63) is 34.1 Å². The summed E-state index contributed by atoms with van der Waals surface area (Å²) in [5.74, 6) is 3.69. The highest BCUT2D eigenvalue weighted by molar-refractivity contribution is 9.10. The third kappa shape index (κ3) is 1.89. The van der Waals surface area contributed by atoms with Crippen LogP contribution in [0.25, 0.3) is 0 Å². The Morgan fingerprint density at radius 1 is 1.26 bits per heavy atom. The summed E-state index contributed by atoms with van der Waals surface area (Å²) < 4.78 is 13.7. The fourth-order valence-electron chi connectivity index (χ4n) is 4.95. The molecule has 5 atom stereocenters. The molecule has 1 N–H and O–H groups in total. The Morgan fingerprint density at radius 3 is 2.58 bits per heavy atom. The van der Waals surface area contributed by atoms with Gasteiger partial charge in [0.1, 0.15) is 5.82 Å². The molecular formula is C16H18BrFO. The third-order valence-corrected chi connectivity index (χ3v) is 6.28. The maximum Gasteiger partial charge on any atom is 0.137 e. The molecule has 0 heterocycles. The van der Waals surface area contributed by atoms with Crippen molar-refractivity contribution in [2.75, 3.05) is 0 Å². The summed E-state index contributed by atoms with van der Waals surface area (Å²) in [6, 6.07) is 5.06. The van der Waals surface area contributed by atoms with Crippen molar-refractivity contribution < 1.29 is 9.50 Å². The van der Waals surface area contributed by atoms with E-state index in [1.807, 2.05) is 0 Å². The number of halogens is 2. The van der Waals surface area contributed by atoms with Crippen molar-refractivity contribution in [2.45, 2.75) is 31.8 Å². The second-order valence-corrected chi connectivity index (χ2v) is 7.44. The minimum atomic E-state index is -0.240. The van der Waals surface area contributed by atoms with E-state index >= 15 is 0 Å². The topological polar surface area (TPSA) is 20.2 Å². The van der Waals surface area contributed by atoms with E-state index in [-0.39, 0.29) is 11.9 Å². The molecule has 3 saturated carbocycles. The first-order chi connectivity index (χ1) is 9.15. The molecule has 3 aliphatic carbocycles. The van der Waals surface area contributed by atoms with Crippen LogP contribution in [0, 0.1) is 35.4 Å². The summed E-state index contributed by atoms with van der Waals surface area (Å²) in [7, 11) is 0. The first-order valence-corrected chi connectivity index (χ1v) is 8.06. The highest BCUT2D eigenvalue weighted by Gasteiger charge is 2.66. The average molecular weight is 325 g/mol. The largest absolute Gasteiger partial charge is 0.392 e. The number of hydrogen-bond acceptors (Lipinski definition) is 1. The second-order valence-electron chi connectivity index (χ2n) is 6.59. The van der Waals surface area contributed by atoms with Crippen LogP contribution in [0.2, 0.25) is 0 Å². The van der Waals surface area contributed by atoms with Gasteiger partial charge in [-0.2, -0.15) is 0 Å². The lowest BCUT2D eigenvalue weighted by Gasteiger charge is -2.15. The predicted molar refractivity (Wildman–Crippen MR) is 75.1 cm³/mol. The van der Waals surface area contributed by atoms with E-state index in [4.69, 9.17) is 0 Å². The molecule has 3 aliphatic rings. The molecule has 0 aromatic heterocycles. The van der Waals surface area contributed by atoms with Gasteiger partial charge in [-0.15, -0.1) is 0 Å². The zero-order valence-electron chi connectivity index (χ0n) is 10.7. The van der Waals surface area contributed by atoms with Crippen molar-refractivity contribution >= 4 is 15.9 Å². The minimum absolute atomic E-state index is 0.237. The summed E-state index contributed by atoms with van der Waals surface area (Å²) in [6.45, 7) is 0. The van der Waals surface area contributed by atoms with Crippen molar-refractivity contribution in [2.24, 2.45) is 29.6 Å². The van der Waals surface area contributed by atoms with E-state index in [1.54, 1.807) is 12.1 Å². The molecule has 102 valence electrons. The van der Waals surface area contributed by atoms with Gasteiger partial charge in [-0.3, -0.25) is 0 Å². The Bertz CT molecular complexity index is 501. The van der Waals surface area contributed by atoms with Crippen LogP contribution in [0.3, 0.4) is 0 Å². The first kappa shape index (κ1) is 12.3. The van der Waals surface area contributed by atoms with Crippen LogP contribution in [-0.4, -0.2) is 11.2 Å². The molecule has 1 nitrogen and oxygen atoms in total. The molecule has 0 saturated heterocycles. The van der Waals surface area contributed by atoms with Crippen molar-refractivity contribution in [3.63, 3.8) is 0 Å². The Morgan fingerprint density at radius 2 is 1.95 bits per heavy atom. The smallest absolute Gasteiger partial charge is 0.137 e. The number of aliphatic hydroxyl groups excluding tert-OH is 1. The summed E-state index contributed by atoms with van der Waals surface area (Å²) in [5, 5.41) is 10.5. The third-order valence-electron chi connectivity index (χ3n) is 5.67. The number of aliphatic hydroxyl groups is 1. The standard InChI is InChI=1S/C16H18BrFO/c17-11-5-8(1-4-12(11)18)6-13(19)16-14-9-2-3-10(7-9)15(14)16/h1,4-5,9-10,13-16,19H,2-3,6-7H2. The van der Waals surface area contributed by atoms with Gasteiger partial charge in [0.25, 0.3) is 0 Å². The predicted octanol–water partition coefficient (Wildman–Crippen LogP) is 3.78. The Hall–Kier alpha value is -0.410. The molecule has 0 amide bonds. The minimum Gasteiger partial charge on any atom is -0.392 e. The molecule has 5 unspecified atom stereocenters. The van der Waals surface area contributed by atoms with Gasteiger partial charge in [0.15, 0.2) is 0 Å². The number of fused-ring (bicyclic) bond motifs is 5. The molecular weight excluding hydrogens is 307 g/mol. The maximum absolute atomic E-state index is 13.2. The van der Waals surface area contributed by atoms with Crippen LogP contribution in [0.15, 0.2) is 22.7 Å². The summed E-state index contributed by atoms with van der Waals surface area (Å²) in [6.07, 6.45) is 4.61. The quantitative estimate of drug-likeness (QED) is 0.897. The van der Waals surface area contributed by atoms with Gasteiger partial charge < -0.3 is 5.11 Å². The first-order valence-electron chi connectivity index (χ1n) is 7.27. The Labute approximate surface area is 121 Å². The van der Waals surface area contributed by atoms with Crippen LogP contribution < -0.4 is 0 Å². The summed E-state index contributed by atoms with van der Waals surface area (Å²) in [4.78, 5) is 0. The lowest BCUT2D eigenvalue weighted by atomic mass is 9.95. The van der Waals surface area contributed by atoms with E-state index < -0.39 is 0 Å². The second kappa shape index (κ2) is 4.29. The molecule has 1 aromatic rings. The highest BCUT2D eigenvalue weighted by atomic mass is 79.9. The van der Waals surface area contributed by atoms with Gasteiger partial charge >= 0.3 is 0 Å². The van der Waals surface area contributed by atoms with Gasteiger partial charge in [0.05, 0.1) is 10.6 Å². The van der Waals surface area contributed by atoms with Crippen LogP contribution >= 0.6 is 15.9 Å². The lowest BCUT2D eigenvalue weighted by molar-refractivity contribution is 0.128.